The van der Waals surface area contributed by atoms with Crippen molar-refractivity contribution in [1.82, 2.24) is 10.2 Å². The van der Waals surface area contributed by atoms with E-state index in [0.29, 0.717) is 0 Å². The number of likely N-dealkylation sites (N-methyl/N-ethyl adjacent to an activating group) is 1. The Kier molecular flexibility index (Phi) is 5.90. The molecule has 14 heavy (non-hydrogen) atoms. The predicted octanol–water partition coefficient (Wildman–Crippen LogP) is 1.81. The van der Waals surface area contributed by atoms with Crippen molar-refractivity contribution in [2.24, 2.45) is 0 Å². The quantitative estimate of drug-likeness (QED) is 0.754. The van der Waals surface area contributed by atoms with Crippen molar-refractivity contribution in [2.45, 2.75) is 37.0 Å². The molecule has 84 valence electrons. The largest absolute Gasteiger partial charge is 0.313 e. The fraction of sp³-hybridized carbons (Fsp3) is 1.00. The van der Waals surface area contributed by atoms with Crippen LogP contribution in [0.2, 0.25) is 0 Å². The Hall–Kier alpha value is 0.270. The maximum Gasteiger partial charge on any atom is 0.0101 e. The van der Waals surface area contributed by atoms with Crippen molar-refractivity contribution in [1.29, 1.82) is 0 Å². The summed E-state index contributed by atoms with van der Waals surface area (Å²) in [5.41, 5.74) is 0. The lowest BCUT2D eigenvalue weighted by atomic mass is 9.95. The molecule has 0 aliphatic heterocycles. The summed E-state index contributed by atoms with van der Waals surface area (Å²) in [5, 5.41) is 4.58. The van der Waals surface area contributed by atoms with Gasteiger partial charge in [0, 0.05) is 24.4 Å². The first-order valence-electron chi connectivity index (χ1n) is 5.63. The third-order valence-electron chi connectivity index (χ3n) is 3.00. The summed E-state index contributed by atoms with van der Waals surface area (Å²) >= 11 is 2.04. The normalized spacial score (nSPS) is 28.3. The third-order valence-corrected chi connectivity index (χ3v) is 4.14. The van der Waals surface area contributed by atoms with Crippen LogP contribution in [0.15, 0.2) is 0 Å². The molecule has 0 amide bonds. The topological polar surface area (TPSA) is 15.3 Å². The highest BCUT2D eigenvalue weighted by Gasteiger charge is 2.19. The summed E-state index contributed by atoms with van der Waals surface area (Å²) < 4.78 is 0. The molecule has 3 heteroatoms. The van der Waals surface area contributed by atoms with Crippen LogP contribution >= 0.6 is 11.8 Å². The van der Waals surface area contributed by atoms with Crippen molar-refractivity contribution < 1.29 is 0 Å². The van der Waals surface area contributed by atoms with Gasteiger partial charge in [-0.05, 0) is 46.0 Å². The Bertz CT molecular complexity index is 142. The number of nitrogens with zero attached hydrogens (tertiary/aromatic N) is 1. The molecule has 1 saturated carbocycles. The molecule has 1 aliphatic carbocycles. The van der Waals surface area contributed by atoms with Gasteiger partial charge >= 0.3 is 0 Å². The zero-order valence-electron chi connectivity index (χ0n) is 9.75. The van der Waals surface area contributed by atoms with E-state index in [1.165, 1.54) is 25.7 Å². The van der Waals surface area contributed by atoms with E-state index in [-0.39, 0.29) is 0 Å². The zero-order valence-corrected chi connectivity index (χ0v) is 10.6. The van der Waals surface area contributed by atoms with Crippen LogP contribution in [0.25, 0.3) is 0 Å². The van der Waals surface area contributed by atoms with Gasteiger partial charge in [0.15, 0.2) is 0 Å². The minimum absolute atomic E-state index is 0.790. The predicted molar refractivity (Wildman–Crippen MR) is 66.1 cm³/mol. The van der Waals surface area contributed by atoms with E-state index < -0.39 is 0 Å². The van der Waals surface area contributed by atoms with Gasteiger partial charge in [-0.3, -0.25) is 0 Å². The monoisotopic (exact) mass is 216 g/mol. The molecule has 1 aliphatic rings. The van der Waals surface area contributed by atoms with Crippen LogP contribution < -0.4 is 5.32 Å². The van der Waals surface area contributed by atoms with Crippen molar-refractivity contribution >= 4 is 11.8 Å². The lowest BCUT2D eigenvalue weighted by Crippen LogP contribution is -2.37. The second-order valence-electron chi connectivity index (χ2n) is 4.47. The van der Waals surface area contributed by atoms with E-state index >= 15 is 0 Å². The van der Waals surface area contributed by atoms with Crippen LogP contribution in [-0.4, -0.2) is 49.6 Å². The minimum Gasteiger partial charge on any atom is -0.313 e. The van der Waals surface area contributed by atoms with Gasteiger partial charge < -0.3 is 10.2 Å². The number of hydrogen-bond acceptors (Lipinski definition) is 3. The van der Waals surface area contributed by atoms with Gasteiger partial charge in [-0.2, -0.15) is 11.8 Å². The molecule has 0 saturated heterocycles. The Balaban J connectivity index is 2.04. The SMILES string of the molecule is CSC1CCC(NCCN(C)C)CC1. The highest BCUT2D eigenvalue weighted by atomic mass is 32.2. The van der Waals surface area contributed by atoms with Crippen molar-refractivity contribution in [3.63, 3.8) is 0 Å². The van der Waals surface area contributed by atoms with Gasteiger partial charge in [0.05, 0.1) is 0 Å². The van der Waals surface area contributed by atoms with E-state index in [9.17, 15) is 0 Å². The molecule has 0 aromatic heterocycles. The first-order valence-corrected chi connectivity index (χ1v) is 6.92. The summed E-state index contributed by atoms with van der Waals surface area (Å²) in [5.74, 6) is 0. The maximum atomic E-state index is 3.65. The van der Waals surface area contributed by atoms with Crippen molar-refractivity contribution in [2.75, 3.05) is 33.4 Å². The van der Waals surface area contributed by atoms with Gasteiger partial charge in [-0.25, -0.2) is 0 Å². The van der Waals surface area contributed by atoms with E-state index in [1.54, 1.807) is 0 Å². The van der Waals surface area contributed by atoms with Crippen LogP contribution in [0, 0.1) is 0 Å². The molecule has 0 aromatic rings. The van der Waals surface area contributed by atoms with E-state index in [0.717, 1.165) is 24.4 Å². The molecule has 0 aromatic carbocycles. The molecule has 0 spiro atoms. The second kappa shape index (κ2) is 6.70. The van der Waals surface area contributed by atoms with Crippen LogP contribution in [0.1, 0.15) is 25.7 Å². The number of rotatable bonds is 5. The lowest BCUT2D eigenvalue weighted by Gasteiger charge is -2.28. The zero-order chi connectivity index (χ0) is 10.4. The molecule has 0 atom stereocenters. The highest BCUT2D eigenvalue weighted by molar-refractivity contribution is 7.99. The van der Waals surface area contributed by atoms with Gasteiger partial charge in [0.2, 0.25) is 0 Å². The first kappa shape index (κ1) is 12.3. The Labute approximate surface area is 92.8 Å². The van der Waals surface area contributed by atoms with Gasteiger partial charge in [0.1, 0.15) is 0 Å². The average molecular weight is 216 g/mol. The molecule has 1 N–H and O–H groups in total. The van der Waals surface area contributed by atoms with Crippen LogP contribution in [-0.2, 0) is 0 Å². The van der Waals surface area contributed by atoms with Gasteiger partial charge in [-0.1, -0.05) is 0 Å². The summed E-state index contributed by atoms with van der Waals surface area (Å²) in [4.78, 5) is 2.24. The Morgan fingerprint density at radius 1 is 1.21 bits per heavy atom. The fourth-order valence-corrected chi connectivity index (χ4v) is 2.74. The van der Waals surface area contributed by atoms with Crippen molar-refractivity contribution in [3.05, 3.63) is 0 Å². The lowest BCUT2D eigenvalue weighted by molar-refractivity contribution is 0.343. The van der Waals surface area contributed by atoms with Crippen LogP contribution in [0.4, 0.5) is 0 Å². The number of thioether (sulfide) groups is 1. The summed E-state index contributed by atoms with van der Waals surface area (Å²) in [7, 11) is 4.26. The van der Waals surface area contributed by atoms with Crippen LogP contribution in [0.5, 0.6) is 0 Å². The summed E-state index contributed by atoms with van der Waals surface area (Å²) in [6.07, 6.45) is 7.80. The minimum atomic E-state index is 0.790. The third kappa shape index (κ3) is 4.67. The Morgan fingerprint density at radius 3 is 2.36 bits per heavy atom. The Morgan fingerprint density at radius 2 is 1.86 bits per heavy atom. The van der Waals surface area contributed by atoms with Gasteiger partial charge in [-0.15, -0.1) is 0 Å². The molecule has 1 rings (SSSR count). The molecule has 0 bridgehead atoms. The highest BCUT2D eigenvalue weighted by Crippen LogP contribution is 2.26. The molecule has 1 fully saturated rings. The van der Waals surface area contributed by atoms with Gasteiger partial charge in [0.25, 0.3) is 0 Å². The first-order chi connectivity index (χ1) is 6.72. The second-order valence-corrected chi connectivity index (χ2v) is 5.60. The molecule has 0 heterocycles. The molecule has 0 radical (unpaired) electrons. The average Bonchev–Trinajstić information content (AvgIpc) is 2.18. The smallest absolute Gasteiger partial charge is 0.0101 e. The van der Waals surface area contributed by atoms with E-state index in [2.05, 4.69) is 30.6 Å². The number of hydrogen-bond donors (Lipinski definition) is 1. The number of nitrogens with one attached hydrogen (secondary N) is 1. The molecular formula is C11H24N2S. The van der Waals surface area contributed by atoms with E-state index in [4.69, 9.17) is 0 Å². The molecular weight excluding hydrogens is 192 g/mol. The summed E-state index contributed by atoms with van der Waals surface area (Å²) in [6, 6.07) is 0.790. The molecule has 0 unspecified atom stereocenters. The summed E-state index contributed by atoms with van der Waals surface area (Å²) in [6.45, 7) is 2.30. The van der Waals surface area contributed by atoms with Crippen molar-refractivity contribution in [3.8, 4) is 0 Å². The van der Waals surface area contributed by atoms with E-state index in [1.807, 2.05) is 11.8 Å². The fourth-order valence-electron chi connectivity index (χ4n) is 1.99. The standard InChI is InChI=1S/C11H24N2S/c1-13(2)9-8-12-10-4-6-11(14-3)7-5-10/h10-12H,4-9H2,1-3H3. The maximum absolute atomic E-state index is 3.65. The molecule has 2 nitrogen and oxygen atoms in total. The van der Waals surface area contributed by atoms with Crippen LogP contribution in [0.3, 0.4) is 0 Å².